The maximum Gasteiger partial charge on any atom is 0.293 e. The first-order valence-corrected chi connectivity index (χ1v) is 11.4. The second-order valence-electron chi connectivity index (χ2n) is 8.05. The van der Waals surface area contributed by atoms with Gasteiger partial charge in [0.1, 0.15) is 12.9 Å². The molecule has 3 aromatic rings. The summed E-state index contributed by atoms with van der Waals surface area (Å²) in [4.78, 5) is 37.4. The lowest BCUT2D eigenvalue weighted by atomic mass is 10.1. The largest absolute Gasteiger partial charge is 0.484 e. The van der Waals surface area contributed by atoms with E-state index in [4.69, 9.17) is 26.4 Å². The van der Waals surface area contributed by atoms with Crippen LogP contribution in [0.5, 0.6) is 5.75 Å². The Kier molecular flexibility index (Phi) is 8.80. The Morgan fingerprint density at radius 3 is 2.56 bits per heavy atom. The molecule has 0 saturated heterocycles. The molecule has 1 aliphatic heterocycles. The molecule has 1 aromatic heterocycles. The third-order valence-electron chi connectivity index (χ3n) is 5.79. The van der Waals surface area contributed by atoms with Gasteiger partial charge in [-0.1, -0.05) is 23.7 Å². The predicted octanol–water partition coefficient (Wildman–Crippen LogP) is 3.39. The Morgan fingerprint density at radius 1 is 1.22 bits per heavy atom. The van der Waals surface area contributed by atoms with Gasteiger partial charge >= 0.3 is 0 Å². The van der Waals surface area contributed by atoms with E-state index in [0.29, 0.717) is 46.5 Å². The van der Waals surface area contributed by atoms with Crippen molar-refractivity contribution >= 4 is 35.9 Å². The fourth-order valence-corrected chi connectivity index (χ4v) is 3.95. The topological polar surface area (TPSA) is 109 Å². The third-order valence-corrected chi connectivity index (χ3v) is 6.04. The van der Waals surface area contributed by atoms with Crippen molar-refractivity contribution in [1.29, 1.82) is 5.26 Å². The number of fused-ring (bicyclic) bond motifs is 1. The number of nitrogens with one attached hydrogen (secondary N) is 1. The van der Waals surface area contributed by atoms with Gasteiger partial charge in [0.25, 0.3) is 11.5 Å². The van der Waals surface area contributed by atoms with E-state index in [9.17, 15) is 9.59 Å². The quantitative estimate of drug-likeness (QED) is 0.499. The number of anilines is 1. The fraction of sp³-hybridized carbons (Fsp3) is 0.280. The number of amides is 1. The maximum atomic E-state index is 13.2. The van der Waals surface area contributed by atoms with Gasteiger partial charge in [0.15, 0.2) is 6.61 Å². The SMILES string of the molecule is COn1c(N[C@@H](C)c2ccc(Cl)cc2)nc2c(c1=O)CN(C(=O)COc1ccc(C#N)cc1)CC2.Cl. The highest BCUT2D eigenvalue weighted by Gasteiger charge is 2.27. The number of aromatic nitrogens is 2. The van der Waals surface area contributed by atoms with E-state index < -0.39 is 0 Å². The highest BCUT2D eigenvalue weighted by Crippen LogP contribution is 2.22. The van der Waals surface area contributed by atoms with Gasteiger partial charge in [-0.05, 0) is 48.9 Å². The molecule has 0 fully saturated rings. The van der Waals surface area contributed by atoms with Crippen LogP contribution in [-0.2, 0) is 17.8 Å². The van der Waals surface area contributed by atoms with Crippen LogP contribution in [-0.4, -0.2) is 40.8 Å². The second-order valence-corrected chi connectivity index (χ2v) is 8.49. The molecule has 188 valence electrons. The molecule has 0 unspecified atom stereocenters. The van der Waals surface area contributed by atoms with E-state index >= 15 is 0 Å². The minimum atomic E-state index is -0.367. The summed E-state index contributed by atoms with van der Waals surface area (Å²) in [5, 5.41) is 12.8. The number of benzene rings is 2. The lowest BCUT2D eigenvalue weighted by Crippen LogP contribution is -2.44. The average Bonchev–Trinajstić information content (AvgIpc) is 2.88. The molecule has 0 aliphatic carbocycles. The molecule has 2 aromatic carbocycles. The lowest BCUT2D eigenvalue weighted by molar-refractivity contribution is -0.134. The van der Waals surface area contributed by atoms with Crippen LogP contribution in [0.3, 0.4) is 0 Å². The summed E-state index contributed by atoms with van der Waals surface area (Å²) in [5.41, 5.74) is 2.16. The van der Waals surface area contributed by atoms with Gasteiger partial charge in [-0.15, -0.1) is 17.1 Å². The van der Waals surface area contributed by atoms with E-state index in [2.05, 4.69) is 10.3 Å². The second kappa shape index (κ2) is 11.8. The molecule has 36 heavy (non-hydrogen) atoms. The molecule has 1 amide bonds. The van der Waals surface area contributed by atoms with Gasteiger partial charge in [-0.25, -0.2) is 4.98 Å². The molecule has 11 heteroatoms. The molecule has 1 atom stereocenters. The zero-order valence-electron chi connectivity index (χ0n) is 19.7. The normalized spacial score (nSPS) is 13.0. The van der Waals surface area contributed by atoms with Crippen LogP contribution in [0.4, 0.5) is 5.95 Å². The highest BCUT2D eigenvalue weighted by atomic mass is 35.5. The summed E-state index contributed by atoms with van der Waals surface area (Å²) in [6, 6.07) is 15.8. The van der Waals surface area contributed by atoms with E-state index in [1.54, 1.807) is 41.3 Å². The van der Waals surface area contributed by atoms with Crippen molar-refractivity contribution in [2.45, 2.75) is 25.9 Å². The summed E-state index contributed by atoms with van der Waals surface area (Å²) >= 11 is 5.98. The van der Waals surface area contributed by atoms with Crippen molar-refractivity contribution in [2.75, 3.05) is 25.6 Å². The number of rotatable bonds is 7. The zero-order chi connectivity index (χ0) is 24.9. The Labute approximate surface area is 219 Å². The summed E-state index contributed by atoms with van der Waals surface area (Å²) in [6.45, 7) is 2.31. The standard InChI is InChI=1S/C25H24ClN5O4.ClH/c1-16(18-5-7-19(26)8-6-18)28-25-29-22-11-12-30(14-21(22)24(33)31(25)34-2)23(32)15-35-20-9-3-17(13-27)4-10-20;/h3-10,16H,11-12,14-15H2,1-2H3,(H,28,29);1H/t16-;/m0./s1. The number of ether oxygens (including phenoxy) is 1. The molecule has 9 nitrogen and oxygen atoms in total. The van der Waals surface area contributed by atoms with Gasteiger partial charge in [0.05, 0.1) is 35.5 Å². The number of hydrogen-bond acceptors (Lipinski definition) is 7. The van der Waals surface area contributed by atoms with E-state index in [0.717, 1.165) is 10.3 Å². The highest BCUT2D eigenvalue weighted by molar-refractivity contribution is 6.30. The third kappa shape index (κ3) is 5.90. The fourth-order valence-electron chi connectivity index (χ4n) is 3.82. The Hall–Kier alpha value is -3.74. The lowest BCUT2D eigenvalue weighted by Gasteiger charge is -2.29. The van der Waals surface area contributed by atoms with E-state index in [1.807, 2.05) is 25.1 Å². The van der Waals surface area contributed by atoms with Crippen molar-refractivity contribution in [3.8, 4) is 11.8 Å². The summed E-state index contributed by atoms with van der Waals surface area (Å²) in [5.74, 6) is 0.535. The van der Waals surface area contributed by atoms with E-state index in [-0.39, 0.29) is 43.1 Å². The molecule has 1 N–H and O–H groups in total. The van der Waals surface area contributed by atoms with Crippen LogP contribution in [0.2, 0.25) is 5.02 Å². The van der Waals surface area contributed by atoms with E-state index in [1.165, 1.54) is 7.11 Å². The minimum Gasteiger partial charge on any atom is -0.484 e. The van der Waals surface area contributed by atoms with Crippen LogP contribution in [0.25, 0.3) is 0 Å². The Morgan fingerprint density at radius 2 is 1.92 bits per heavy atom. The Bertz CT molecular complexity index is 1320. The van der Waals surface area contributed by atoms with Gasteiger partial charge in [0.2, 0.25) is 5.95 Å². The van der Waals surface area contributed by atoms with Crippen molar-refractivity contribution < 1.29 is 14.4 Å². The first kappa shape index (κ1) is 26.9. The number of nitrogens with zero attached hydrogens (tertiary/aromatic N) is 4. The minimum absolute atomic E-state index is 0. The molecule has 0 saturated carbocycles. The average molecular weight is 530 g/mol. The Balaban J connectivity index is 0.00000361. The molecule has 1 aliphatic rings. The first-order valence-electron chi connectivity index (χ1n) is 11.0. The van der Waals surface area contributed by atoms with Crippen LogP contribution in [0, 0.1) is 11.3 Å². The predicted molar refractivity (Wildman–Crippen MR) is 138 cm³/mol. The number of halogens is 2. The summed E-state index contributed by atoms with van der Waals surface area (Å²) in [7, 11) is 1.39. The molecule has 0 radical (unpaired) electrons. The number of carbonyl (C=O) groups excluding carboxylic acids is 1. The number of hydrogen-bond donors (Lipinski definition) is 1. The van der Waals surface area contributed by atoms with Crippen molar-refractivity contribution in [1.82, 2.24) is 14.6 Å². The molecular formula is C25H25Cl2N5O4. The van der Waals surface area contributed by atoms with Crippen molar-refractivity contribution in [3.05, 3.63) is 86.3 Å². The molecule has 2 heterocycles. The number of nitriles is 1. The molecule has 0 spiro atoms. The maximum absolute atomic E-state index is 13.2. The summed E-state index contributed by atoms with van der Waals surface area (Å²) in [6.07, 6.45) is 0.432. The molecular weight excluding hydrogens is 505 g/mol. The monoisotopic (exact) mass is 529 g/mol. The van der Waals surface area contributed by atoms with Crippen LogP contribution in [0.1, 0.15) is 35.3 Å². The smallest absolute Gasteiger partial charge is 0.293 e. The van der Waals surface area contributed by atoms with Crippen LogP contribution in [0.15, 0.2) is 53.3 Å². The van der Waals surface area contributed by atoms with Crippen LogP contribution < -0.4 is 20.5 Å². The molecule has 4 rings (SSSR count). The summed E-state index contributed by atoms with van der Waals surface area (Å²) < 4.78 is 6.66. The van der Waals surface area contributed by atoms with Crippen LogP contribution >= 0.6 is 24.0 Å². The van der Waals surface area contributed by atoms with Gasteiger partial charge in [-0.2, -0.15) is 5.26 Å². The van der Waals surface area contributed by atoms with Gasteiger partial charge in [0, 0.05) is 18.0 Å². The van der Waals surface area contributed by atoms with Gasteiger partial charge < -0.3 is 19.8 Å². The van der Waals surface area contributed by atoms with Gasteiger partial charge in [-0.3, -0.25) is 9.59 Å². The zero-order valence-corrected chi connectivity index (χ0v) is 21.3. The number of carbonyl (C=O) groups is 1. The molecule has 0 bridgehead atoms. The van der Waals surface area contributed by atoms with Crippen molar-refractivity contribution in [2.24, 2.45) is 0 Å². The first-order chi connectivity index (χ1) is 16.9. The van der Waals surface area contributed by atoms with Crippen molar-refractivity contribution in [3.63, 3.8) is 0 Å².